The van der Waals surface area contributed by atoms with Gasteiger partial charge >= 0.3 is 0 Å². The van der Waals surface area contributed by atoms with Crippen molar-refractivity contribution in [1.29, 1.82) is 0 Å². The maximum absolute atomic E-state index is 12.3. The average Bonchev–Trinajstić information content (AvgIpc) is 3.29. The molecule has 0 heterocycles. The van der Waals surface area contributed by atoms with Crippen LogP contribution in [-0.2, 0) is 0 Å². The second kappa shape index (κ2) is 5.09. The first-order valence-corrected chi connectivity index (χ1v) is 7.51. The van der Waals surface area contributed by atoms with Gasteiger partial charge in [-0.2, -0.15) is 0 Å². The van der Waals surface area contributed by atoms with E-state index in [0.29, 0.717) is 5.92 Å². The normalized spacial score (nSPS) is 22.2. The number of hydrogen-bond acceptors (Lipinski definition) is 2. The molecule has 2 aliphatic carbocycles. The van der Waals surface area contributed by atoms with Crippen LogP contribution in [0.3, 0.4) is 0 Å². The van der Waals surface area contributed by atoms with Gasteiger partial charge in [-0.3, -0.25) is 4.79 Å². The van der Waals surface area contributed by atoms with E-state index >= 15 is 0 Å². The fraction of sp³-hybridized carbons (Fsp3) is 0.588. The highest BCUT2D eigenvalue weighted by Crippen LogP contribution is 2.47. The Morgan fingerprint density at radius 2 is 1.74 bits per heavy atom. The molecule has 0 atom stereocenters. The predicted octanol–water partition coefficient (Wildman–Crippen LogP) is 3.69. The van der Waals surface area contributed by atoms with E-state index in [-0.39, 0.29) is 12.4 Å². The van der Waals surface area contributed by atoms with Gasteiger partial charge in [0.05, 0.1) is 12.0 Å². The third-order valence-electron chi connectivity index (χ3n) is 4.89. The number of aliphatic hydroxyl groups is 1. The lowest BCUT2D eigenvalue weighted by atomic mass is 9.83. The first-order valence-electron chi connectivity index (χ1n) is 7.51. The molecule has 3 rings (SSSR count). The zero-order valence-electron chi connectivity index (χ0n) is 11.4. The first kappa shape index (κ1) is 12.9. The molecule has 0 aliphatic heterocycles. The number of hydrogen-bond donors (Lipinski definition) is 1. The summed E-state index contributed by atoms with van der Waals surface area (Å²) in [6.45, 7) is -0.00376. The van der Waals surface area contributed by atoms with Crippen LogP contribution < -0.4 is 0 Å². The van der Waals surface area contributed by atoms with Gasteiger partial charge in [0.1, 0.15) is 0 Å². The van der Waals surface area contributed by atoms with Crippen molar-refractivity contribution < 1.29 is 9.90 Å². The summed E-state index contributed by atoms with van der Waals surface area (Å²) < 4.78 is 0. The number of rotatable bonds is 4. The highest BCUT2D eigenvalue weighted by molar-refractivity contribution is 6.02. The number of benzene rings is 1. The van der Waals surface area contributed by atoms with Crippen molar-refractivity contribution in [1.82, 2.24) is 0 Å². The Balaban J connectivity index is 1.73. The van der Waals surface area contributed by atoms with E-state index in [1.165, 1.54) is 37.7 Å². The maximum Gasteiger partial charge on any atom is 0.171 e. The molecular weight excluding hydrogens is 236 g/mol. The summed E-state index contributed by atoms with van der Waals surface area (Å²) in [6, 6.07) is 8.16. The van der Waals surface area contributed by atoms with Gasteiger partial charge in [0, 0.05) is 5.56 Å². The van der Waals surface area contributed by atoms with Crippen LogP contribution in [0.5, 0.6) is 0 Å². The molecule has 0 aromatic heterocycles. The smallest absolute Gasteiger partial charge is 0.171 e. The van der Waals surface area contributed by atoms with E-state index in [1.807, 2.05) is 12.1 Å². The van der Waals surface area contributed by atoms with Crippen molar-refractivity contribution in [3.8, 4) is 0 Å². The Kier molecular flexibility index (Phi) is 3.44. The number of aliphatic hydroxyl groups excluding tert-OH is 1. The quantitative estimate of drug-likeness (QED) is 0.836. The van der Waals surface area contributed by atoms with Crippen LogP contribution in [0.4, 0.5) is 0 Å². The minimum Gasteiger partial charge on any atom is -0.395 e. The molecule has 2 nitrogen and oxygen atoms in total. The summed E-state index contributed by atoms with van der Waals surface area (Å²) >= 11 is 0. The van der Waals surface area contributed by atoms with Crippen LogP contribution in [0, 0.1) is 5.41 Å². The largest absolute Gasteiger partial charge is 0.395 e. The van der Waals surface area contributed by atoms with Crippen molar-refractivity contribution >= 4 is 5.78 Å². The van der Waals surface area contributed by atoms with Gasteiger partial charge in [-0.15, -0.1) is 0 Å². The molecule has 19 heavy (non-hydrogen) atoms. The summed E-state index contributed by atoms with van der Waals surface area (Å²) in [5, 5.41) is 9.33. The summed E-state index contributed by atoms with van der Waals surface area (Å²) in [7, 11) is 0. The van der Waals surface area contributed by atoms with E-state index in [4.69, 9.17) is 0 Å². The van der Waals surface area contributed by atoms with E-state index < -0.39 is 5.41 Å². The molecule has 0 bridgehead atoms. The fourth-order valence-electron chi connectivity index (χ4n) is 3.26. The lowest BCUT2D eigenvalue weighted by molar-refractivity contribution is 0.0829. The van der Waals surface area contributed by atoms with Crippen LogP contribution in [-0.4, -0.2) is 17.5 Å². The Bertz CT molecular complexity index is 451. The molecule has 1 aromatic rings. The van der Waals surface area contributed by atoms with Crippen molar-refractivity contribution in [2.24, 2.45) is 5.41 Å². The predicted molar refractivity (Wildman–Crippen MR) is 75.4 cm³/mol. The number of Topliss-reactive ketones (excluding diaryl/α,β-unsaturated/α-hetero) is 1. The minimum atomic E-state index is -0.438. The molecule has 2 saturated carbocycles. The topological polar surface area (TPSA) is 37.3 Å². The van der Waals surface area contributed by atoms with Crippen molar-refractivity contribution in [2.75, 3.05) is 6.61 Å². The zero-order chi connectivity index (χ0) is 13.3. The van der Waals surface area contributed by atoms with Crippen LogP contribution in [0.15, 0.2) is 24.3 Å². The molecule has 2 aliphatic rings. The highest BCUT2D eigenvalue weighted by atomic mass is 16.3. The SMILES string of the molecule is O=C(c1ccc(C2CCCCC2)cc1)C1(CO)CC1. The standard InChI is InChI=1S/C17H22O2/c18-12-17(10-11-17)16(19)15-8-6-14(7-9-15)13-4-2-1-3-5-13/h6-9,13,18H,1-5,10-12H2. The van der Waals surface area contributed by atoms with E-state index in [9.17, 15) is 9.90 Å². The second-order valence-electron chi connectivity index (χ2n) is 6.22. The number of ketones is 1. The third-order valence-corrected chi connectivity index (χ3v) is 4.89. The van der Waals surface area contributed by atoms with E-state index in [0.717, 1.165) is 18.4 Å². The Morgan fingerprint density at radius 1 is 1.11 bits per heavy atom. The molecule has 0 amide bonds. The van der Waals surface area contributed by atoms with Crippen LogP contribution in [0.25, 0.3) is 0 Å². The maximum atomic E-state index is 12.3. The van der Waals surface area contributed by atoms with Crippen molar-refractivity contribution in [3.63, 3.8) is 0 Å². The van der Waals surface area contributed by atoms with Crippen LogP contribution in [0.1, 0.15) is 66.8 Å². The van der Waals surface area contributed by atoms with Gasteiger partial charge in [0.15, 0.2) is 5.78 Å². The number of carbonyl (C=O) groups excluding carboxylic acids is 1. The molecule has 1 N–H and O–H groups in total. The molecular formula is C17H22O2. The molecule has 0 unspecified atom stereocenters. The summed E-state index contributed by atoms with van der Waals surface area (Å²) in [4.78, 5) is 12.3. The molecule has 102 valence electrons. The molecule has 0 radical (unpaired) electrons. The Hall–Kier alpha value is -1.15. The minimum absolute atomic E-state index is 0.00376. The Morgan fingerprint density at radius 3 is 2.26 bits per heavy atom. The van der Waals surface area contributed by atoms with Crippen molar-refractivity contribution in [2.45, 2.75) is 50.9 Å². The molecule has 2 fully saturated rings. The zero-order valence-corrected chi connectivity index (χ0v) is 11.4. The average molecular weight is 258 g/mol. The molecule has 0 spiro atoms. The lowest BCUT2D eigenvalue weighted by Gasteiger charge is -2.22. The Labute approximate surface area is 114 Å². The van der Waals surface area contributed by atoms with Gasteiger partial charge < -0.3 is 5.11 Å². The first-order chi connectivity index (χ1) is 9.25. The van der Waals surface area contributed by atoms with Gasteiger partial charge in [-0.25, -0.2) is 0 Å². The fourth-order valence-corrected chi connectivity index (χ4v) is 3.26. The highest BCUT2D eigenvalue weighted by Gasteiger charge is 2.49. The third kappa shape index (κ3) is 2.46. The van der Waals surface area contributed by atoms with Crippen molar-refractivity contribution in [3.05, 3.63) is 35.4 Å². The van der Waals surface area contributed by atoms with E-state index in [2.05, 4.69) is 12.1 Å². The second-order valence-corrected chi connectivity index (χ2v) is 6.22. The monoisotopic (exact) mass is 258 g/mol. The lowest BCUT2D eigenvalue weighted by Crippen LogP contribution is -2.20. The van der Waals surface area contributed by atoms with E-state index in [1.54, 1.807) is 0 Å². The number of carbonyl (C=O) groups is 1. The molecule has 2 heteroatoms. The van der Waals surface area contributed by atoms with Gasteiger partial charge in [0.2, 0.25) is 0 Å². The van der Waals surface area contributed by atoms with Gasteiger partial charge in [-0.05, 0) is 37.2 Å². The molecule has 0 saturated heterocycles. The molecule has 1 aromatic carbocycles. The summed E-state index contributed by atoms with van der Waals surface area (Å²) in [6.07, 6.45) is 8.28. The summed E-state index contributed by atoms with van der Waals surface area (Å²) in [5.41, 5.74) is 1.71. The van der Waals surface area contributed by atoms with Crippen LogP contribution >= 0.6 is 0 Å². The summed E-state index contributed by atoms with van der Waals surface area (Å²) in [5.74, 6) is 0.816. The van der Waals surface area contributed by atoms with Gasteiger partial charge in [-0.1, -0.05) is 43.5 Å². The van der Waals surface area contributed by atoms with Crippen LogP contribution in [0.2, 0.25) is 0 Å². The van der Waals surface area contributed by atoms with Gasteiger partial charge in [0.25, 0.3) is 0 Å².